The summed E-state index contributed by atoms with van der Waals surface area (Å²) in [7, 11) is 0. The molecule has 7 heteroatoms. The van der Waals surface area contributed by atoms with Crippen molar-refractivity contribution in [3.8, 4) is 0 Å². The lowest BCUT2D eigenvalue weighted by atomic mass is 10.2. The Morgan fingerprint density at radius 2 is 2.43 bits per heavy atom. The van der Waals surface area contributed by atoms with Gasteiger partial charge < -0.3 is 4.74 Å². The minimum atomic E-state index is -0.116. The number of aromatic nitrogens is 3. The van der Waals surface area contributed by atoms with E-state index in [0.29, 0.717) is 17.2 Å². The molecular weight excluding hydrogens is 288 g/mol. The third kappa shape index (κ3) is 3.25. The van der Waals surface area contributed by atoms with Gasteiger partial charge in [0.05, 0.1) is 18.2 Å². The lowest BCUT2D eigenvalue weighted by Crippen LogP contribution is -2.37. The molecule has 2 aromatic rings. The molecule has 110 valence electrons. The zero-order valence-electron chi connectivity index (χ0n) is 11.7. The molecule has 3 rings (SSSR count). The largest absolute Gasteiger partial charge is 0.376 e. The number of anilines is 1. The van der Waals surface area contributed by atoms with E-state index < -0.39 is 0 Å². The van der Waals surface area contributed by atoms with Gasteiger partial charge in [0.15, 0.2) is 0 Å². The fraction of sp³-hybridized carbons (Fsp3) is 0.429. The van der Waals surface area contributed by atoms with Crippen molar-refractivity contribution in [3.63, 3.8) is 0 Å². The first-order chi connectivity index (χ1) is 10.2. The van der Waals surface area contributed by atoms with Gasteiger partial charge in [0.2, 0.25) is 5.13 Å². The Bertz CT molecular complexity index is 610. The molecular formula is C14H16N4O2S. The summed E-state index contributed by atoms with van der Waals surface area (Å²) in [5, 5.41) is 9.55. The van der Waals surface area contributed by atoms with Crippen molar-refractivity contribution in [2.24, 2.45) is 0 Å². The molecule has 1 fully saturated rings. The van der Waals surface area contributed by atoms with Crippen LogP contribution < -0.4 is 4.90 Å². The van der Waals surface area contributed by atoms with Crippen LogP contribution in [0.5, 0.6) is 0 Å². The number of hydrogen-bond donors (Lipinski definition) is 0. The van der Waals surface area contributed by atoms with E-state index in [1.807, 2.05) is 6.92 Å². The molecule has 21 heavy (non-hydrogen) atoms. The van der Waals surface area contributed by atoms with Crippen LogP contribution in [-0.2, 0) is 4.74 Å². The number of aryl methyl sites for hydroxylation is 1. The van der Waals surface area contributed by atoms with E-state index in [4.69, 9.17) is 4.74 Å². The highest BCUT2D eigenvalue weighted by Gasteiger charge is 2.27. The average molecular weight is 304 g/mol. The summed E-state index contributed by atoms with van der Waals surface area (Å²) in [5.41, 5.74) is 0.545. The van der Waals surface area contributed by atoms with Crippen molar-refractivity contribution in [2.75, 3.05) is 18.1 Å². The summed E-state index contributed by atoms with van der Waals surface area (Å²) in [6.07, 6.45) is 5.29. The molecule has 6 nitrogen and oxygen atoms in total. The number of hydrogen-bond acceptors (Lipinski definition) is 6. The third-order valence-corrected chi connectivity index (χ3v) is 4.17. The summed E-state index contributed by atoms with van der Waals surface area (Å²) in [6.45, 7) is 3.14. The van der Waals surface area contributed by atoms with E-state index in [1.165, 1.54) is 11.3 Å². The molecule has 1 atom stereocenters. The van der Waals surface area contributed by atoms with Gasteiger partial charge in [-0.3, -0.25) is 14.7 Å². The van der Waals surface area contributed by atoms with Crippen molar-refractivity contribution in [2.45, 2.75) is 25.9 Å². The van der Waals surface area contributed by atoms with Crippen molar-refractivity contribution >= 4 is 22.4 Å². The first kappa shape index (κ1) is 14.1. The highest BCUT2D eigenvalue weighted by Crippen LogP contribution is 2.24. The van der Waals surface area contributed by atoms with E-state index in [-0.39, 0.29) is 12.0 Å². The monoisotopic (exact) mass is 304 g/mol. The second kappa shape index (κ2) is 6.28. The molecule has 2 aromatic heterocycles. The number of pyridine rings is 1. The van der Waals surface area contributed by atoms with Gasteiger partial charge in [-0.05, 0) is 31.9 Å². The summed E-state index contributed by atoms with van der Waals surface area (Å²) in [6, 6.07) is 3.51. The molecule has 0 spiro atoms. The van der Waals surface area contributed by atoms with E-state index >= 15 is 0 Å². The number of carbonyl (C=O) groups excluding carboxylic acids is 1. The summed E-state index contributed by atoms with van der Waals surface area (Å²) in [4.78, 5) is 18.4. The van der Waals surface area contributed by atoms with Crippen LogP contribution in [0.3, 0.4) is 0 Å². The molecule has 1 saturated heterocycles. The Morgan fingerprint density at radius 1 is 1.52 bits per heavy atom. The van der Waals surface area contributed by atoms with Gasteiger partial charge in [0.1, 0.15) is 5.01 Å². The molecule has 0 saturated carbocycles. The van der Waals surface area contributed by atoms with E-state index in [1.54, 1.807) is 29.4 Å². The Hall–Kier alpha value is -1.86. The average Bonchev–Trinajstić information content (AvgIpc) is 3.16. The van der Waals surface area contributed by atoms with Crippen LogP contribution in [0.2, 0.25) is 0 Å². The second-order valence-corrected chi connectivity index (χ2v) is 6.06. The van der Waals surface area contributed by atoms with E-state index in [0.717, 1.165) is 24.5 Å². The minimum Gasteiger partial charge on any atom is -0.376 e. The fourth-order valence-corrected chi connectivity index (χ4v) is 2.98. The van der Waals surface area contributed by atoms with E-state index in [9.17, 15) is 4.79 Å². The number of ether oxygens (including phenoxy) is 1. The van der Waals surface area contributed by atoms with Crippen LogP contribution in [-0.4, -0.2) is 40.3 Å². The van der Waals surface area contributed by atoms with E-state index in [2.05, 4.69) is 15.2 Å². The van der Waals surface area contributed by atoms with Gasteiger partial charge in [-0.1, -0.05) is 11.3 Å². The highest BCUT2D eigenvalue weighted by atomic mass is 32.1. The maximum atomic E-state index is 12.7. The summed E-state index contributed by atoms with van der Waals surface area (Å²) >= 11 is 1.41. The van der Waals surface area contributed by atoms with Gasteiger partial charge >= 0.3 is 0 Å². The smallest absolute Gasteiger partial charge is 0.261 e. The lowest BCUT2D eigenvalue weighted by molar-refractivity contribution is 0.0917. The molecule has 1 unspecified atom stereocenters. The quantitative estimate of drug-likeness (QED) is 0.865. The molecule has 0 radical (unpaired) electrons. The number of nitrogens with zero attached hydrogens (tertiary/aromatic N) is 4. The predicted molar refractivity (Wildman–Crippen MR) is 79.5 cm³/mol. The molecule has 0 N–H and O–H groups in total. The van der Waals surface area contributed by atoms with Crippen LogP contribution in [0.4, 0.5) is 5.13 Å². The standard InChI is InChI=1S/C14H16N4O2S/c1-10-16-17-14(21-10)18(9-12-5-3-7-20-12)13(19)11-4-2-6-15-8-11/h2,4,6,8,12H,3,5,7,9H2,1H3. The van der Waals surface area contributed by atoms with Crippen molar-refractivity contribution in [1.29, 1.82) is 0 Å². The normalized spacial score (nSPS) is 17.9. The zero-order valence-corrected chi connectivity index (χ0v) is 12.5. The molecule has 1 aliphatic heterocycles. The topological polar surface area (TPSA) is 68.2 Å². The summed E-state index contributed by atoms with van der Waals surface area (Å²) in [5.74, 6) is -0.116. The van der Waals surface area contributed by atoms with Crippen LogP contribution in [0, 0.1) is 6.92 Å². The fourth-order valence-electron chi connectivity index (χ4n) is 2.28. The van der Waals surface area contributed by atoms with Crippen molar-refractivity contribution < 1.29 is 9.53 Å². The van der Waals surface area contributed by atoms with Crippen LogP contribution in [0.15, 0.2) is 24.5 Å². The van der Waals surface area contributed by atoms with Crippen molar-refractivity contribution in [3.05, 3.63) is 35.1 Å². The van der Waals surface area contributed by atoms with Crippen molar-refractivity contribution in [1.82, 2.24) is 15.2 Å². The Balaban J connectivity index is 1.86. The van der Waals surface area contributed by atoms with Gasteiger partial charge in [-0.25, -0.2) is 0 Å². The van der Waals surface area contributed by atoms with Gasteiger partial charge in [0.25, 0.3) is 5.91 Å². The van der Waals surface area contributed by atoms with Crippen LogP contribution >= 0.6 is 11.3 Å². The first-order valence-electron chi connectivity index (χ1n) is 6.87. The zero-order chi connectivity index (χ0) is 14.7. The Labute approximate surface area is 126 Å². The lowest BCUT2D eigenvalue weighted by Gasteiger charge is -2.22. The van der Waals surface area contributed by atoms with Gasteiger partial charge in [-0.15, -0.1) is 10.2 Å². The molecule has 0 aliphatic carbocycles. The first-order valence-corrected chi connectivity index (χ1v) is 7.69. The number of amides is 1. The second-order valence-electron chi connectivity index (χ2n) is 4.90. The molecule has 1 amide bonds. The van der Waals surface area contributed by atoms with Gasteiger partial charge in [-0.2, -0.15) is 0 Å². The SMILES string of the molecule is Cc1nnc(N(CC2CCCO2)C(=O)c2cccnc2)s1. The molecule has 0 aromatic carbocycles. The number of rotatable bonds is 4. The molecule has 1 aliphatic rings. The minimum absolute atomic E-state index is 0.0647. The maximum absolute atomic E-state index is 12.7. The Morgan fingerprint density at radius 3 is 3.05 bits per heavy atom. The molecule has 0 bridgehead atoms. The molecule has 3 heterocycles. The Kier molecular flexibility index (Phi) is 4.21. The van der Waals surface area contributed by atoms with Gasteiger partial charge in [0, 0.05) is 19.0 Å². The van der Waals surface area contributed by atoms with Crippen LogP contribution in [0.1, 0.15) is 28.2 Å². The number of carbonyl (C=O) groups is 1. The summed E-state index contributed by atoms with van der Waals surface area (Å²) < 4.78 is 5.64. The third-order valence-electron chi connectivity index (χ3n) is 3.31. The predicted octanol–water partition coefficient (Wildman–Crippen LogP) is 2.07. The highest BCUT2D eigenvalue weighted by molar-refractivity contribution is 7.15. The van der Waals surface area contributed by atoms with Crippen LogP contribution in [0.25, 0.3) is 0 Å². The maximum Gasteiger partial charge on any atom is 0.261 e.